The van der Waals surface area contributed by atoms with Gasteiger partial charge in [-0.05, 0) is 30.7 Å². The molecule has 3 aromatic carbocycles. The lowest BCUT2D eigenvalue weighted by Crippen LogP contribution is -2.22. The minimum Gasteiger partial charge on any atom is -0.439 e. The van der Waals surface area contributed by atoms with Gasteiger partial charge in [0.25, 0.3) is 5.91 Å². The lowest BCUT2D eigenvalue weighted by Gasteiger charge is -2.09. The van der Waals surface area contributed by atoms with E-state index in [4.69, 9.17) is 4.74 Å². The standard InChI is InChI=1S/C25H21N3O2/c1-18-7-5-8-19(13-18)16-26-25(29)21-11-6-12-22(14-21)30-24-15-23(27-17-28-24)20-9-3-2-4-10-20/h2-15,17H,16H2,1H3,(H,26,29). The molecule has 0 bridgehead atoms. The SMILES string of the molecule is Cc1cccc(CNC(=O)c2cccc(Oc3cc(-c4ccccc4)ncn3)c2)c1. The third kappa shape index (κ3) is 4.89. The molecule has 0 unspecified atom stereocenters. The highest BCUT2D eigenvalue weighted by atomic mass is 16.5. The molecule has 148 valence electrons. The Bertz CT molecular complexity index is 1160. The zero-order chi connectivity index (χ0) is 20.8. The molecule has 30 heavy (non-hydrogen) atoms. The number of benzene rings is 3. The molecular formula is C25H21N3O2. The van der Waals surface area contributed by atoms with E-state index in [-0.39, 0.29) is 5.91 Å². The summed E-state index contributed by atoms with van der Waals surface area (Å²) in [5.41, 5.74) is 4.50. The van der Waals surface area contributed by atoms with Crippen LogP contribution in [-0.2, 0) is 6.54 Å². The van der Waals surface area contributed by atoms with Crippen LogP contribution in [-0.4, -0.2) is 15.9 Å². The second-order valence-corrected chi connectivity index (χ2v) is 6.91. The van der Waals surface area contributed by atoms with Crippen LogP contribution in [0.25, 0.3) is 11.3 Å². The molecule has 4 aromatic rings. The number of amides is 1. The number of nitrogens with one attached hydrogen (secondary N) is 1. The summed E-state index contributed by atoms with van der Waals surface area (Å²) >= 11 is 0. The van der Waals surface area contributed by atoms with Crippen LogP contribution in [0.5, 0.6) is 11.6 Å². The Morgan fingerprint density at radius 2 is 1.73 bits per heavy atom. The van der Waals surface area contributed by atoms with Crippen LogP contribution < -0.4 is 10.1 Å². The molecule has 0 aliphatic carbocycles. The first-order chi connectivity index (χ1) is 14.7. The van der Waals surface area contributed by atoms with E-state index in [1.807, 2.05) is 55.5 Å². The third-order valence-electron chi connectivity index (χ3n) is 4.57. The highest BCUT2D eigenvalue weighted by Gasteiger charge is 2.09. The molecule has 0 aliphatic heterocycles. The maximum atomic E-state index is 12.6. The molecule has 0 radical (unpaired) electrons. The smallest absolute Gasteiger partial charge is 0.251 e. The second-order valence-electron chi connectivity index (χ2n) is 6.91. The van der Waals surface area contributed by atoms with Gasteiger partial charge in [-0.1, -0.05) is 66.2 Å². The summed E-state index contributed by atoms with van der Waals surface area (Å²) in [6.45, 7) is 2.50. The predicted molar refractivity (Wildman–Crippen MR) is 116 cm³/mol. The summed E-state index contributed by atoms with van der Waals surface area (Å²) < 4.78 is 5.88. The van der Waals surface area contributed by atoms with Gasteiger partial charge in [0.2, 0.25) is 5.88 Å². The van der Waals surface area contributed by atoms with Gasteiger partial charge < -0.3 is 10.1 Å². The van der Waals surface area contributed by atoms with E-state index in [1.165, 1.54) is 6.33 Å². The number of aryl methyl sites for hydroxylation is 1. The fraction of sp³-hybridized carbons (Fsp3) is 0.0800. The van der Waals surface area contributed by atoms with Crippen molar-refractivity contribution in [2.45, 2.75) is 13.5 Å². The molecular weight excluding hydrogens is 374 g/mol. The van der Waals surface area contributed by atoms with E-state index in [1.54, 1.807) is 30.3 Å². The minimum atomic E-state index is -0.158. The predicted octanol–water partition coefficient (Wildman–Crippen LogP) is 5.17. The molecule has 0 atom stereocenters. The van der Waals surface area contributed by atoms with Crippen molar-refractivity contribution in [3.8, 4) is 22.9 Å². The Labute approximate surface area is 175 Å². The van der Waals surface area contributed by atoms with Gasteiger partial charge in [0.1, 0.15) is 12.1 Å². The molecule has 0 saturated heterocycles. The van der Waals surface area contributed by atoms with Crippen molar-refractivity contribution in [2.75, 3.05) is 0 Å². The average molecular weight is 395 g/mol. The third-order valence-corrected chi connectivity index (χ3v) is 4.57. The molecule has 1 N–H and O–H groups in total. The van der Waals surface area contributed by atoms with E-state index in [0.29, 0.717) is 23.7 Å². The fourth-order valence-corrected chi connectivity index (χ4v) is 3.09. The summed E-state index contributed by atoms with van der Waals surface area (Å²) in [7, 11) is 0. The Kier molecular flexibility index (Phi) is 5.80. The number of ether oxygens (including phenoxy) is 1. The lowest BCUT2D eigenvalue weighted by molar-refractivity contribution is 0.0950. The summed E-state index contributed by atoms with van der Waals surface area (Å²) in [4.78, 5) is 21.0. The van der Waals surface area contributed by atoms with E-state index >= 15 is 0 Å². The topological polar surface area (TPSA) is 64.1 Å². The van der Waals surface area contributed by atoms with Gasteiger partial charge in [0.15, 0.2) is 0 Å². The van der Waals surface area contributed by atoms with Crippen LogP contribution in [0.15, 0.2) is 91.3 Å². The molecule has 0 fully saturated rings. The summed E-state index contributed by atoms with van der Waals surface area (Å²) in [6.07, 6.45) is 1.47. The molecule has 5 heteroatoms. The maximum Gasteiger partial charge on any atom is 0.251 e. The number of hydrogen-bond acceptors (Lipinski definition) is 4. The molecule has 5 nitrogen and oxygen atoms in total. The van der Waals surface area contributed by atoms with Gasteiger partial charge in [-0.2, -0.15) is 0 Å². The maximum absolute atomic E-state index is 12.6. The van der Waals surface area contributed by atoms with Crippen LogP contribution >= 0.6 is 0 Å². The van der Waals surface area contributed by atoms with Crippen LogP contribution in [0.4, 0.5) is 0 Å². The number of aromatic nitrogens is 2. The summed E-state index contributed by atoms with van der Waals surface area (Å²) in [5.74, 6) is 0.798. The summed E-state index contributed by atoms with van der Waals surface area (Å²) in [5, 5.41) is 2.94. The second kappa shape index (κ2) is 9.01. The molecule has 1 aromatic heterocycles. The first-order valence-electron chi connectivity index (χ1n) is 9.66. The Balaban J connectivity index is 1.45. The Morgan fingerprint density at radius 1 is 0.900 bits per heavy atom. The van der Waals surface area contributed by atoms with Crippen molar-refractivity contribution >= 4 is 5.91 Å². The number of carbonyl (C=O) groups is 1. The van der Waals surface area contributed by atoms with Crippen molar-refractivity contribution in [3.63, 3.8) is 0 Å². The van der Waals surface area contributed by atoms with E-state index in [2.05, 4.69) is 21.4 Å². The van der Waals surface area contributed by atoms with Crippen molar-refractivity contribution in [1.29, 1.82) is 0 Å². The number of hydrogen-bond donors (Lipinski definition) is 1. The van der Waals surface area contributed by atoms with Crippen LogP contribution in [0.2, 0.25) is 0 Å². The van der Waals surface area contributed by atoms with Gasteiger partial charge in [0.05, 0.1) is 5.69 Å². The molecule has 0 spiro atoms. The quantitative estimate of drug-likeness (QED) is 0.489. The van der Waals surface area contributed by atoms with E-state index < -0.39 is 0 Å². The number of rotatable bonds is 6. The number of nitrogens with zero attached hydrogens (tertiary/aromatic N) is 2. The normalized spacial score (nSPS) is 10.4. The molecule has 0 aliphatic rings. The largest absolute Gasteiger partial charge is 0.439 e. The van der Waals surface area contributed by atoms with Gasteiger partial charge in [-0.15, -0.1) is 0 Å². The zero-order valence-electron chi connectivity index (χ0n) is 16.6. The fourth-order valence-electron chi connectivity index (χ4n) is 3.09. The van der Waals surface area contributed by atoms with Gasteiger partial charge in [-0.25, -0.2) is 9.97 Å². The molecule has 0 saturated carbocycles. The van der Waals surface area contributed by atoms with E-state index in [9.17, 15) is 4.79 Å². The average Bonchev–Trinajstić information content (AvgIpc) is 2.78. The monoisotopic (exact) mass is 395 g/mol. The van der Waals surface area contributed by atoms with Crippen molar-refractivity contribution in [1.82, 2.24) is 15.3 Å². The van der Waals surface area contributed by atoms with Crippen molar-refractivity contribution < 1.29 is 9.53 Å². The highest BCUT2D eigenvalue weighted by molar-refractivity contribution is 5.94. The van der Waals surface area contributed by atoms with Crippen molar-refractivity contribution in [3.05, 3.63) is 108 Å². The first-order valence-corrected chi connectivity index (χ1v) is 9.66. The minimum absolute atomic E-state index is 0.158. The lowest BCUT2D eigenvalue weighted by atomic mass is 10.1. The Morgan fingerprint density at radius 3 is 2.57 bits per heavy atom. The van der Waals surface area contributed by atoms with E-state index in [0.717, 1.165) is 22.4 Å². The highest BCUT2D eigenvalue weighted by Crippen LogP contribution is 2.24. The first kappa shape index (κ1) is 19.3. The number of carbonyl (C=O) groups excluding carboxylic acids is 1. The van der Waals surface area contributed by atoms with Crippen LogP contribution in [0, 0.1) is 6.92 Å². The van der Waals surface area contributed by atoms with Gasteiger partial charge in [-0.3, -0.25) is 4.79 Å². The molecule has 4 rings (SSSR count). The van der Waals surface area contributed by atoms with Crippen LogP contribution in [0.1, 0.15) is 21.5 Å². The van der Waals surface area contributed by atoms with Crippen LogP contribution in [0.3, 0.4) is 0 Å². The molecule has 1 heterocycles. The van der Waals surface area contributed by atoms with Gasteiger partial charge >= 0.3 is 0 Å². The Hall–Kier alpha value is -3.99. The summed E-state index contributed by atoms with van der Waals surface area (Å²) in [6, 6.07) is 26.7. The van der Waals surface area contributed by atoms with Gasteiger partial charge in [0, 0.05) is 23.7 Å². The zero-order valence-corrected chi connectivity index (χ0v) is 16.6. The van der Waals surface area contributed by atoms with Crippen molar-refractivity contribution in [2.24, 2.45) is 0 Å². The molecule has 1 amide bonds.